The molecule has 4 heteroatoms. The third-order valence-electron chi connectivity index (χ3n) is 3.26. The number of aliphatic hydroxyl groups is 1. The van der Waals surface area contributed by atoms with E-state index >= 15 is 0 Å². The molecule has 1 unspecified atom stereocenters. The first-order valence-electron chi connectivity index (χ1n) is 6.88. The van der Waals surface area contributed by atoms with Crippen LogP contribution in [-0.4, -0.2) is 25.9 Å². The summed E-state index contributed by atoms with van der Waals surface area (Å²) < 4.78 is 10.5. The molecule has 0 radical (unpaired) electrons. The Morgan fingerprint density at radius 2 is 1.62 bits per heavy atom. The van der Waals surface area contributed by atoms with E-state index in [1.807, 2.05) is 48.5 Å². The Bertz CT molecular complexity index is 535. The van der Waals surface area contributed by atoms with Crippen molar-refractivity contribution in [1.29, 1.82) is 0 Å². The average Bonchev–Trinajstić information content (AvgIpc) is 2.55. The normalized spacial score (nSPS) is 12.0. The standard InChI is InChI=1S/C17H21NO3/c1-20-15-8-13(9-16(10-15)21-2)11-18-12-17(19)14-6-4-3-5-7-14/h3-10,17-19H,11-12H2,1-2H3. The molecular formula is C17H21NO3. The van der Waals surface area contributed by atoms with Gasteiger partial charge in [-0.05, 0) is 23.3 Å². The predicted octanol–water partition coefficient (Wildman–Crippen LogP) is 2.53. The van der Waals surface area contributed by atoms with Crippen molar-refractivity contribution in [3.8, 4) is 11.5 Å². The maximum Gasteiger partial charge on any atom is 0.122 e. The largest absolute Gasteiger partial charge is 0.497 e. The fourth-order valence-electron chi connectivity index (χ4n) is 2.11. The first kappa shape index (κ1) is 15.4. The SMILES string of the molecule is COc1cc(CNCC(O)c2ccccc2)cc(OC)c1. The van der Waals surface area contributed by atoms with Crippen molar-refractivity contribution in [1.82, 2.24) is 5.32 Å². The molecule has 0 aliphatic carbocycles. The Labute approximate surface area is 125 Å². The van der Waals surface area contributed by atoms with Crippen LogP contribution in [0.25, 0.3) is 0 Å². The summed E-state index contributed by atoms with van der Waals surface area (Å²) in [6.45, 7) is 1.13. The summed E-state index contributed by atoms with van der Waals surface area (Å²) in [5, 5.41) is 13.3. The Hall–Kier alpha value is -2.04. The second kappa shape index (κ2) is 7.67. The molecule has 0 heterocycles. The third kappa shape index (κ3) is 4.48. The molecule has 2 rings (SSSR count). The predicted molar refractivity (Wildman–Crippen MR) is 82.7 cm³/mol. The van der Waals surface area contributed by atoms with Crippen LogP contribution in [0, 0.1) is 0 Å². The monoisotopic (exact) mass is 287 g/mol. The zero-order valence-corrected chi connectivity index (χ0v) is 12.4. The van der Waals surface area contributed by atoms with E-state index in [4.69, 9.17) is 9.47 Å². The van der Waals surface area contributed by atoms with Gasteiger partial charge in [0.25, 0.3) is 0 Å². The number of nitrogens with one attached hydrogen (secondary N) is 1. The Morgan fingerprint density at radius 3 is 2.19 bits per heavy atom. The molecule has 4 nitrogen and oxygen atoms in total. The molecular weight excluding hydrogens is 266 g/mol. The summed E-state index contributed by atoms with van der Waals surface area (Å²) in [5.41, 5.74) is 1.96. The molecule has 2 N–H and O–H groups in total. The van der Waals surface area contributed by atoms with E-state index in [9.17, 15) is 5.11 Å². The van der Waals surface area contributed by atoms with Crippen molar-refractivity contribution in [3.05, 3.63) is 59.7 Å². The lowest BCUT2D eigenvalue weighted by atomic mass is 10.1. The number of aliphatic hydroxyl groups excluding tert-OH is 1. The zero-order chi connectivity index (χ0) is 15.1. The minimum Gasteiger partial charge on any atom is -0.497 e. The van der Waals surface area contributed by atoms with Gasteiger partial charge in [0.05, 0.1) is 20.3 Å². The fourth-order valence-corrected chi connectivity index (χ4v) is 2.11. The van der Waals surface area contributed by atoms with Gasteiger partial charge in [0.1, 0.15) is 11.5 Å². The highest BCUT2D eigenvalue weighted by atomic mass is 16.5. The molecule has 0 fully saturated rings. The summed E-state index contributed by atoms with van der Waals surface area (Å²) in [4.78, 5) is 0. The molecule has 0 amide bonds. The van der Waals surface area contributed by atoms with E-state index in [1.165, 1.54) is 0 Å². The van der Waals surface area contributed by atoms with E-state index in [-0.39, 0.29) is 0 Å². The lowest BCUT2D eigenvalue weighted by molar-refractivity contribution is 0.174. The first-order chi connectivity index (χ1) is 10.2. The summed E-state index contributed by atoms with van der Waals surface area (Å²) in [5.74, 6) is 1.52. The smallest absolute Gasteiger partial charge is 0.122 e. The number of hydrogen-bond donors (Lipinski definition) is 2. The lowest BCUT2D eigenvalue weighted by Gasteiger charge is -2.13. The molecule has 0 aliphatic rings. The summed E-state index contributed by atoms with van der Waals surface area (Å²) in [7, 11) is 3.26. The van der Waals surface area contributed by atoms with Gasteiger partial charge in [0.2, 0.25) is 0 Å². The van der Waals surface area contributed by atoms with E-state index in [1.54, 1.807) is 14.2 Å². The van der Waals surface area contributed by atoms with Crippen LogP contribution in [0.4, 0.5) is 0 Å². The maximum atomic E-state index is 10.1. The molecule has 2 aromatic carbocycles. The van der Waals surface area contributed by atoms with Gasteiger partial charge in [-0.3, -0.25) is 0 Å². The topological polar surface area (TPSA) is 50.7 Å². The van der Waals surface area contributed by atoms with E-state index in [0.717, 1.165) is 22.6 Å². The number of ether oxygens (including phenoxy) is 2. The van der Waals surface area contributed by atoms with Gasteiger partial charge in [-0.1, -0.05) is 30.3 Å². The Morgan fingerprint density at radius 1 is 1.00 bits per heavy atom. The molecule has 0 aliphatic heterocycles. The first-order valence-corrected chi connectivity index (χ1v) is 6.88. The Kier molecular flexibility index (Phi) is 5.60. The van der Waals surface area contributed by atoms with Crippen molar-refractivity contribution < 1.29 is 14.6 Å². The highest BCUT2D eigenvalue weighted by Crippen LogP contribution is 2.22. The number of methoxy groups -OCH3 is 2. The molecule has 2 aromatic rings. The number of rotatable bonds is 7. The highest BCUT2D eigenvalue weighted by molar-refractivity contribution is 5.38. The van der Waals surface area contributed by atoms with Crippen molar-refractivity contribution in [3.63, 3.8) is 0 Å². The molecule has 112 valence electrons. The van der Waals surface area contributed by atoms with Crippen LogP contribution >= 0.6 is 0 Å². The van der Waals surface area contributed by atoms with E-state index in [0.29, 0.717) is 13.1 Å². The molecule has 0 saturated carbocycles. The second-order valence-corrected chi connectivity index (χ2v) is 4.78. The minimum atomic E-state index is -0.515. The van der Waals surface area contributed by atoms with Crippen molar-refractivity contribution in [2.24, 2.45) is 0 Å². The van der Waals surface area contributed by atoms with Gasteiger partial charge >= 0.3 is 0 Å². The zero-order valence-electron chi connectivity index (χ0n) is 12.4. The van der Waals surface area contributed by atoms with Crippen LogP contribution < -0.4 is 14.8 Å². The molecule has 0 saturated heterocycles. The maximum absolute atomic E-state index is 10.1. The lowest BCUT2D eigenvalue weighted by Crippen LogP contribution is -2.21. The van der Waals surface area contributed by atoms with Crippen molar-refractivity contribution >= 4 is 0 Å². The summed E-state index contributed by atoms with van der Waals surface area (Å²) in [6.07, 6.45) is -0.515. The molecule has 21 heavy (non-hydrogen) atoms. The van der Waals surface area contributed by atoms with Gasteiger partial charge in [0.15, 0.2) is 0 Å². The molecule has 0 spiro atoms. The third-order valence-corrected chi connectivity index (χ3v) is 3.26. The minimum absolute atomic E-state index is 0.490. The quantitative estimate of drug-likeness (QED) is 0.821. The van der Waals surface area contributed by atoms with Crippen LogP contribution in [0.1, 0.15) is 17.2 Å². The second-order valence-electron chi connectivity index (χ2n) is 4.78. The average molecular weight is 287 g/mol. The number of hydrogen-bond acceptors (Lipinski definition) is 4. The van der Waals surface area contributed by atoms with Crippen molar-refractivity contribution in [2.45, 2.75) is 12.6 Å². The molecule has 0 bridgehead atoms. The highest BCUT2D eigenvalue weighted by Gasteiger charge is 2.07. The summed E-state index contributed by atoms with van der Waals surface area (Å²) >= 11 is 0. The van der Waals surface area contributed by atoms with Gasteiger partial charge in [-0.25, -0.2) is 0 Å². The van der Waals surface area contributed by atoms with Crippen LogP contribution in [0.5, 0.6) is 11.5 Å². The van der Waals surface area contributed by atoms with Gasteiger partial charge in [-0.2, -0.15) is 0 Å². The van der Waals surface area contributed by atoms with Gasteiger partial charge < -0.3 is 19.9 Å². The van der Waals surface area contributed by atoms with Gasteiger partial charge in [-0.15, -0.1) is 0 Å². The molecule has 1 atom stereocenters. The van der Waals surface area contributed by atoms with Gasteiger partial charge in [0, 0.05) is 19.2 Å². The fraction of sp³-hybridized carbons (Fsp3) is 0.294. The summed E-state index contributed by atoms with van der Waals surface area (Å²) in [6, 6.07) is 15.3. The van der Waals surface area contributed by atoms with Crippen molar-refractivity contribution in [2.75, 3.05) is 20.8 Å². The van der Waals surface area contributed by atoms with Crippen LogP contribution in [0.3, 0.4) is 0 Å². The van der Waals surface area contributed by atoms with E-state index in [2.05, 4.69) is 5.32 Å². The van der Waals surface area contributed by atoms with Crippen LogP contribution in [0.15, 0.2) is 48.5 Å². The van der Waals surface area contributed by atoms with E-state index < -0.39 is 6.10 Å². The molecule has 0 aromatic heterocycles. The van der Waals surface area contributed by atoms with Crippen LogP contribution in [-0.2, 0) is 6.54 Å². The van der Waals surface area contributed by atoms with Crippen LogP contribution in [0.2, 0.25) is 0 Å². The number of benzene rings is 2. The Balaban J connectivity index is 1.91.